The van der Waals surface area contributed by atoms with Gasteiger partial charge in [0, 0.05) is 0 Å². The normalized spacial score (nSPS) is 19.9. The summed E-state index contributed by atoms with van der Waals surface area (Å²) in [6.07, 6.45) is 5.28. The van der Waals surface area contributed by atoms with Crippen molar-refractivity contribution in [3.63, 3.8) is 0 Å². The van der Waals surface area contributed by atoms with E-state index in [0.29, 0.717) is 10.8 Å². The van der Waals surface area contributed by atoms with Gasteiger partial charge in [-0.05, 0) is 52.8 Å². The Morgan fingerprint density at radius 2 is 1.21 bits per heavy atom. The van der Waals surface area contributed by atoms with E-state index in [-0.39, 0.29) is 0 Å². The Morgan fingerprint density at radius 3 is 1.54 bits per heavy atom. The second kappa shape index (κ2) is 9.63. The Bertz CT molecular complexity index is 336. The van der Waals surface area contributed by atoms with E-state index in [2.05, 4.69) is 83.1 Å². The molecule has 146 valence electrons. The molecule has 0 nitrogen and oxygen atoms in total. The lowest BCUT2D eigenvalue weighted by Gasteiger charge is -2.48. The monoisotopic (exact) mass is 338 g/mol. The van der Waals surface area contributed by atoms with E-state index >= 15 is 0 Å². The average Bonchev–Trinajstić information content (AvgIpc) is 2.50. The minimum absolute atomic E-state index is 0.427. The molecule has 0 N–H and O–H groups in total. The van der Waals surface area contributed by atoms with Gasteiger partial charge in [0.05, 0.1) is 0 Å². The molecule has 0 heteroatoms. The molecule has 0 aliphatic carbocycles. The lowest BCUT2D eigenvalue weighted by Crippen LogP contribution is -2.40. The van der Waals surface area contributed by atoms with Crippen molar-refractivity contribution >= 4 is 0 Å². The molecule has 0 radical (unpaired) electrons. The molecule has 24 heavy (non-hydrogen) atoms. The molecule has 0 fully saturated rings. The topological polar surface area (TPSA) is 0 Å². The summed E-state index contributed by atoms with van der Waals surface area (Å²) in [5.41, 5.74) is 0.859. The van der Waals surface area contributed by atoms with Crippen LogP contribution < -0.4 is 0 Å². The fourth-order valence-corrected chi connectivity index (χ4v) is 4.82. The Balaban J connectivity index is 5.60. The molecular formula is C24H50. The van der Waals surface area contributed by atoms with Crippen LogP contribution in [0.1, 0.15) is 109 Å². The first-order valence-corrected chi connectivity index (χ1v) is 10.9. The predicted octanol–water partition coefficient (Wildman–Crippen LogP) is 8.46. The van der Waals surface area contributed by atoms with Crippen LogP contribution in [0.15, 0.2) is 0 Å². The zero-order chi connectivity index (χ0) is 19.3. The van der Waals surface area contributed by atoms with Crippen molar-refractivity contribution in [2.24, 2.45) is 46.3 Å². The minimum Gasteiger partial charge on any atom is -0.0651 e. The fourth-order valence-electron chi connectivity index (χ4n) is 4.82. The van der Waals surface area contributed by atoms with Crippen LogP contribution in [0.4, 0.5) is 0 Å². The maximum Gasteiger partial charge on any atom is -0.0298 e. The second-order valence-corrected chi connectivity index (χ2v) is 10.4. The first-order chi connectivity index (χ1) is 10.9. The zero-order valence-electron chi connectivity index (χ0n) is 19.3. The number of hydrogen-bond acceptors (Lipinski definition) is 0. The van der Waals surface area contributed by atoms with Gasteiger partial charge < -0.3 is 0 Å². The molecule has 0 aromatic heterocycles. The van der Waals surface area contributed by atoms with Crippen molar-refractivity contribution in [1.82, 2.24) is 0 Å². The molecular weight excluding hydrogens is 288 g/mol. The highest BCUT2D eigenvalue weighted by molar-refractivity contribution is 4.90. The van der Waals surface area contributed by atoms with Gasteiger partial charge in [-0.2, -0.15) is 0 Å². The molecule has 0 heterocycles. The lowest BCUT2D eigenvalue weighted by molar-refractivity contribution is 0.0152. The summed E-state index contributed by atoms with van der Waals surface area (Å²) in [6, 6.07) is 0. The summed E-state index contributed by atoms with van der Waals surface area (Å²) < 4.78 is 0. The predicted molar refractivity (Wildman–Crippen MR) is 112 cm³/mol. The number of rotatable bonds is 11. The van der Waals surface area contributed by atoms with E-state index in [1.54, 1.807) is 0 Å². The van der Waals surface area contributed by atoms with E-state index in [0.717, 1.165) is 35.5 Å². The van der Waals surface area contributed by atoms with Crippen LogP contribution in [-0.2, 0) is 0 Å². The van der Waals surface area contributed by atoms with Gasteiger partial charge in [0.1, 0.15) is 0 Å². The molecule has 0 saturated heterocycles. The molecule has 0 aliphatic rings. The van der Waals surface area contributed by atoms with Gasteiger partial charge in [-0.25, -0.2) is 0 Å². The lowest BCUT2D eigenvalue weighted by atomic mass is 9.58. The third-order valence-electron chi connectivity index (χ3n) is 8.29. The standard InChI is InChI=1S/C24H50/c1-13-18(6)21(16-23(9,10)17(4)5)20(8)22(15-3)24(11,12)19(7)14-2/h17-22H,13-16H2,1-12H3. The molecule has 5 atom stereocenters. The molecule has 0 aromatic carbocycles. The van der Waals surface area contributed by atoms with Crippen molar-refractivity contribution < 1.29 is 0 Å². The highest BCUT2D eigenvalue weighted by atomic mass is 14.5. The molecule has 0 spiro atoms. The fraction of sp³-hybridized carbons (Fsp3) is 1.00. The number of hydrogen-bond donors (Lipinski definition) is 0. The smallest absolute Gasteiger partial charge is 0.0298 e. The van der Waals surface area contributed by atoms with Crippen LogP contribution >= 0.6 is 0 Å². The average molecular weight is 339 g/mol. The highest BCUT2D eigenvalue weighted by Gasteiger charge is 2.41. The van der Waals surface area contributed by atoms with E-state index in [4.69, 9.17) is 0 Å². The van der Waals surface area contributed by atoms with Crippen molar-refractivity contribution in [3.8, 4) is 0 Å². The third-order valence-corrected chi connectivity index (χ3v) is 8.29. The van der Waals surface area contributed by atoms with Gasteiger partial charge in [0.15, 0.2) is 0 Å². The van der Waals surface area contributed by atoms with Crippen LogP contribution in [0.5, 0.6) is 0 Å². The summed E-state index contributed by atoms with van der Waals surface area (Å²) in [7, 11) is 0. The summed E-state index contributed by atoms with van der Waals surface area (Å²) in [5.74, 6) is 4.81. The van der Waals surface area contributed by atoms with Gasteiger partial charge in [0.25, 0.3) is 0 Å². The summed E-state index contributed by atoms with van der Waals surface area (Å²) >= 11 is 0. The molecule has 0 aromatic rings. The van der Waals surface area contributed by atoms with E-state index in [1.807, 2.05) is 0 Å². The minimum atomic E-state index is 0.427. The Labute approximate surface area is 155 Å². The quantitative estimate of drug-likeness (QED) is 0.354. The largest absolute Gasteiger partial charge is 0.0651 e. The first kappa shape index (κ1) is 24.0. The Kier molecular flexibility index (Phi) is 9.63. The first-order valence-electron chi connectivity index (χ1n) is 10.9. The SMILES string of the molecule is CCC(C)C(CC(C)(C)C(C)C)C(C)C(CC)C(C)(C)C(C)CC. The second-order valence-electron chi connectivity index (χ2n) is 10.4. The van der Waals surface area contributed by atoms with Gasteiger partial charge in [-0.15, -0.1) is 0 Å². The Morgan fingerprint density at radius 1 is 0.708 bits per heavy atom. The van der Waals surface area contributed by atoms with Gasteiger partial charge in [-0.3, -0.25) is 0 Å². The van der Waals surface area contributed by atoms with E-state index in [1.165, 1.54) is 25.7 Å². The van der Waals surface area contributed by atoms with Crippen molar-refractivity contribution in [2.45, 2.75) is 109 Å². The molecule has 0 rings (SSSR count). The highest BCUT2D eigenvalue weighted by Crippen LogP contribution is 2.49. The molecule has 0 bridgehead atoms. The van der Waals surface area contributed by atoms with Crippen LogP contribution in [-0.4, -0.2) is 0 Å². The summed E-state index contributed by atoms with van der Waals surface area (Å²) in [5, 5.41) is 0. The van der Waals surface area contributed by atoms with E-state index < -0.39 is 0 Å². The summed E-state index contributed by atoms with van der Waals surface area (Å²) in [6.45, 7) is 29.5. The van der Waals surface area contributed by atoms with Crippen molar-refractivity contribution in [3.05, 3.63) is 0 Å². The maximum atomic E-state index is 2.57. The van der Waals surface area contributed by atoms with Crippen molar-refractivity contribution in [1.29, 1.82) is 0 Å². The van der Waals surface area contributed by atoms with E-state index in [9.17, 15) is 0 Å². The van der Waals surface area contributed by atoms with Crippen LogP contribution in [0.25, 0.3) is 0 Å². The zero-order valence-corrected chi connectivity index (χ0v) is 19.3. The van der Waals surface area contributed by atoms with Gasteiger partial charge in [-0.1, -0.05) is 102 Å². The van der Waals surface area contributed by atoms with Crippen LogP contribution in [0.3, 0.4) is 0 Å². The molecule has 0 amide bonds. The van der Waals surface area contributed by atoms with Crippen LogP contribution in [0.2, 0.25) is 0 Å². The summed E-state index contributed by atoms with van der Waals surface area (Å²) in [4.78, 5) is 0. The maximum absolute atomic E-state index is 2.57. The molecule has 0 aliphatic heterocycles. The molecule has 0 saturated carbocycles. The van der Waals surface area contributed by atoms with Crippen LogP contribution in [0, 0.1) is 46.3 Å². The third kappa shape index (κ3) is 5.77. The Hall–Kier alpha value is 0. The van der Waals surface area contributed by atoms with Gasteiger partial charge in [0.2, 0.25) is 0 Å². The van der Waals surface area contributed by atoms with Crippen molar-refractivity contribution in [2.75, 3.05) is 0 Å². The van der Waals surface area contributed by atoms with Gasteiger partial charge >= 0.3 is 0 Å². The molecule has 5 unspecified atom stereocenters.